The van der Waals surface area contributed by atoms with Crippen molar-refractivity contribution in [3.05, 3.63) is 42.2 Å². The topological polar surface area (TPSA) is 54.4 Å². The summed E-state index contributed by atoms with van der Waals surface area (Å²) in [6, 6.07) is 3.35. The number of hydrogen-bond acceptors (Lipinski definition) is 3. The van der Waals surface area contributed by atoms with Crippen LogP contribution in [0.15, 0.2) is 41.8 Å². The van der Waals surface area contributed by atoms with Crippen molar-refractivity contribution in [3.8, 4) is 0 Å². The van der Waals surface area contributed by atoms with E-state index in [1.807, 2.05) is 0 Å². The molecule has 1 amide bonds. The maximum Gasteiger partial charge on any atom is 0.271 e. The zero-order valence-electron chi connectivity index (χ0n) is 17.7. The predicted molar refractivity (Wildman–Crippen MR) is 120 cm³/mol. The summed E-state index contributed by atoms with van der Waals surface area (Å²) in [5.41, 5.74) is 3.12. The van der Waals surface area contributed by atoms with E-state index in [0.717, 1.165) is 12.8 Å². The van der Waals surface area contributed by atoms with E-state index in [0.29, 0.717) is 5.56 Å². The number of aromatic nitrogens is 1. The van der Waals surface area contributed by atoms with Crippen molar-refractivity contribution in [1.29, 1.82) is 0 Å². The van der Waals surface area contributed by atoms with Crippen molar-refractivity contribution in [3.63, 3.8) is 0 Å². The molecule has 1 N–H and O–H groups in total. The van der Waals surface area contributed by atoms with Crippen LogP contribution in [-0.2, 0) is 0 Å². The Hall–Kier alpha value is -1.97. The third-order valence-corrected chi connectivity index (χ3v) is 4.79. The Kier molecular flexibility index (Phi) is 15.8. The Morgan fingerprint density at radius 1 is 0.857 bits per heavy atom. The zero-order valence-corrected chi connectivity index (χ0v) is 17.7. The molecule has 0 aliphatic heterocycles. The van der Waals surface area contributed by atoms with Gasteiger partial charge < -0.3 is 0 Å². The van der Waals surface area contributed by atoms with Crippen LogP contribution < -0.4 is 5.43 Å². The van der Waals surface area contributed by atoms with Gasteiger partial charge in [-0.05, 0) is 50.7 Å². The molecule has 28 heavy (non-hydrogen) atoms. The third-order valence-electron chi connectivity index (χ3n) is 4.79. The molecule has 0 radical (unpaired) electrons. The fraction of sp³-hybridized carbons (Fsp3) is 0.625. The number of hydrazone groups is 1. The summed E-state index contributed by atoms with van der Waals surface area (Å²) in [6.45, 7) is 2.27. The second kappa shape index (κ2) is 18.4. The fourth-order valence-corrected chi connectivity index (χ4v) is 3.04. The second-order valence-electron chi connectivity index (χ2n) is 7.36. The van der Waals surface area contributed by atoms with Gasteiger partial charge in [0.05, 0.1) is 0 Å². The highest BCUT2D eigenvalue weighted by molar-refractivity contribution is 5.94. The van der Waals surface area contributed by atoms with Crippen molar-refractivity contribution in [1.82, 2.24) is 10.4 Å². The molecule has 0 bridgehead atoms. The number of carbonyl (C=O) groups excluding carboxylic acids is 1. The number of carbonyl (C=O) groups is 1. The van der Waals surface area contributed by atoms with E-state index in [2.05, 4.69) is 34.6 Å². The molecule has 0 spiro atoms. The largest absolute Gasteiger partial charge is 0.271 e. The number of allylic oxidation sites excluding steroid dienone is 2. The van der Waals surface area contributed by atoms with Crippen LogP contribution in [0.1, 0.15) is 107 Å². The molecule has 0 saturated heterocycles. The molecular formula is C24H39N3O. The molecule has 0 unspecified atom stereocenters. The molecule has 1 rings (SSSR count). The minimum absolute atomic E-state index is 0.191. The van der Waals surface area contributed by atoms with Crippen molar-refractivity contribution in [2.45, 2.75) is 96.8 Å². The first-order valence-corrected chi connectivity index (χ1v) is 11.2. The summed E-state index contributed by atoms with van der Waals surface area (Å²) in [4.78, 5) is 15.6. The zero-order chi connectivity index (χ0) is 20.1. The average Bonchev–Trinajstić information content (AvgIpc) is 2.73. The summed E-state index contributed by atoms with van der Waals surface area (Å²) in [5, 5.41) is 4.00. The summed E-state index contributed by atoms with van der Waals surface area (Å²) in [5.74, 6) is -0.191. The molecular weight excluding hydrogens is 346 g/mol. The summed E-state index contributed by atoms with van der Waals surface area (Å²) < 4.78 is 0. The van der Waals surface area contributed by atoms with E-state index in [-0.39, 0.29) is 5.91 Å². The first-order chi connectivity index (χ1) is 13.8. The van der Waals surface area contributed by atoms with Crippen LogP contribution in [0.3, 0.4) is 0 Å². The van der Waals surface area contributed by atoms with E-state index in [4.69, 9.17) is 0 Å². The Balaban J connectivity index is 1.84. The van der Waals surface area contributed by atoms with Crippen LogP contribution in [0.4, 0.5) is 0 Å². The first kappa shape index (κ1) is 24.1. The summed E-state index contributed by atoms with van der Waals surface area (Å²) >= 11 is 0. The van der Waals surface area contributed by atoms with Gasteiger partial charge in [-0.1, -0.05) is 70.4 Å². The Morgan fingerprint density at radius 3 is 2.00 bits per heavy atom. The van der Waals surface area contributed by atoms with Gasteiger partial charge in [-0.25, -0.2) is 5.43 Å². The number of amides is 1. The van der Waals surface area contributed by atoms with Crippen LogP contribution in [0.2, 0.25) is 0 Å². The van der Waals surface area contributed by atoms with Gasteiger partial charge in [0.25, 0.3) is 5.91 Å². The predicted octanol–water partition coefficient (Wildman–Crippen LogP) is 6.83. The molecule has 1 aromatic heterocycles. The molecule has 156 valence electrons. The van der Waals surface area contributed by atoms with Gasteiger partial charge in [0.1, 0.15) is 0 Å². The van der Waals surface area contributed by atoms with Crippen LogP contribution >= 0.6 is 0 Å². The summed E-state index contributed by atoms with van der Waals surface area (Å²) in [6.07, 6.45) is 27.6. The maximum absolute atomic E-state index is 11.8. The molecule has 0 atom stereocenters. The van der Waals surface area contributed by atoms with E-state index in [9.17, 15) is 4.79 Å². The van der Waals surface area contributed by atoms with E-state index >= 15 is 0 Å². The highest BCUT2D eigenvalue weighted by Crippen LogP contribution is 2.09. The Morgan fingerprint density at radius 2 is 1.39 bits per heavy atom. The van der Waals surface area contributed by atoms with Gasteiger partial charge in [-0.2, -0.15) is 5.10 Å². The van der Waals surface area contributed by atoms with Crippen LogP contribution in [0.25, 0.3) is 0 Å². The normalized spacial score (nSPS) is 11.5. The lowest BCUT2D eigenvalue weighted by molar-refractivity contribution is 0.0955. The Bertz CT molecular complexity index is 540. The lowest BCUT2D eigenvalue weighted by Crippen LogP contribution is -2.17. The van der Waals surface area contributed by atoms with Gasteiger partial charge in [0.2, 0.25) is 0 Å². The second-order valence-corrected chi connectivity index (χ2v) is 7.36. The molecule has 1 aromatic rings. The highest BCUT2D eigenvalue weighted by Gasteiger charge is 2.01. The monoisotopic (exact) mass is 385 g/mol. The van der Waals surface area contributed by atoms with E-state index in [1.54, 1.807) is 30.7 Å². The van der Waals surface area contributed by atoms with E-state index in [1.165, 1.54) is 77.0 Å². The first-order valence-electron chi connectivity index (χ1n) is 11.2. The molecule has 1 heterocycles. The molecule has 0 aliphatic carbocycles. The number of nitrogens with one attached hydrogen (secondary N) is 1. The van der Waals surface area contributed by atoms with Gasteiger partial charge in [-0.3, -0.25) is 9.78 Å². The molecule has 0 aromatic carbocycles. The number of unbranched alkanes of at least 4 members (excludes halogenated alkanes) is 12. The number of rotatable bonds is 17. The molecule has 0 aliphatic rings. The van der Waals surface area contributed by atoms with Crippen molar-refractivity contribution < 1.29 is 4.79 Å². The van der Waals surface area contributed by atoms with Gasteiger partial charge in [-0.15, -0.1) is 0 Å². The van der Waals surface area contributed by atoms with Crippen LogP contribution in [-0.4, -0.2) is 17.1 Å². The third kappa shape index (κ3) is 14.1. The SMILES string of the molecule is CCCCCCCC/C=C/CCCCCCC/C=N/NC(=O)c1ccncc1. The fourth-order valence-electron chi connectivity index (χ4n) is 3.04. The number of hydrogen-bond donors (Lipinski definition) is 1. The highest BCUT2D eigenvalue weighted by atomic mass is 16.2. The van der Waals surface area contributed by atoms with Crippen LogP contribution in [0.5, 0.6) is 0 Å². The smallest absolute Gasteiger partial charge is 0.267 e. The molecule has 4 nitrogen and oxygen atoms in total. The lowest BCUT2D eigenvalue weighted by atomic mass is 10.1. The minimum Gasteiger partial charge on any atom is -0.267 e. The van der Waals surface area contributed by atoms with Gasteiger partial charge in [0.15, 0.2) is 0 Å². The molecule has 4 heteroatoms. The van der Waals surface area contributed by atoms with E-state index < -0.39 is 0 Å². The summed E-state index contributed by atoms with van der Waals surface area (Å²) in [7, 11) is 0. The number of pyridine rings is 1. The average molecular weight is 386 g/mol. The molecule has 0 fully saturated rings. The van der Waals surface area contributed by atoms with Crippen molar-refractivity contribution >= 4 is 12.1 Å². The Labute approximate surface area is 171 Å². The molecule has 0 saturated carbocycles. The van der Waals surface area contributed by atoms with Crippen LogP contribution in [0, 0.1) is 0 Å². The number of nitrogens with zero attached hydrogens (tertiary/aromatic N) is 2. The maximum atomic E-state index is 11.8. The standard InChI is InChI=1S/C24H39N3O/c1-2-3-4-5-6-7-8-9-10-11-12-13-14-15-16-17-20-26-27-24(28)23-18-21-25-22-19-23/h9-10,18-22H,2-8,11-17H2,1H3,(H,27,28)/b10-9+,26-20+. The lowest BCUT2D eigenvalue weighted by Gasteiger charge is -2.00. The van der Waals surface area contributed by atoms with Gasteiger partial charge in [0, 0.05) is 24.2 Å². The van der Waals surface area contributed by atoms with Crippen molar-refractivity contribution in [2.75, 3.05) is 0 Å². The van der Waals surface area contributed by atoms with Gasteiger partial charge >= 0.3 is 0 Å². The van der Waals surface area contributed by atoms with Crippen molar-refractivity contribution in [2.24, 2.45) is 5.10 Å². The quantitative estimate of drug-likeness (QED) is 0.138. The minimum atomic E-state index is -0.191.